The smallest absolute Gasteiger partial charge is 0.272 e. The summed E-state index contributed by atoms with van der Waals surface area (Å²) in [5, 5.41) is 7.54. The van der Waals surface area contributed by atoms with Crippen LogP contribution < -0.4 is 10.1 Å². The van der Waals surface area contributed by atoms with Gasteiger partial charge in [0, 0.05) is 30.1 Å². The molecule has 0 unspecified atom stereocenters. The van der Waals surface area contributed by atoms with Gasteiger partial charge in [-0.15, -0.1) is 0 Å². The summed E-state index contributed by atoms with van der Waals surface area (Å²) in [6.45, 7) is 5.20. The van der Waals surface area contributed by atoms with Crippen molar-refractivity contribution in [1.29, 1.82) is 0 Å². The number of nitrogens with zero attached hydrogens (tertiary/aromatic N) is 2. The lowest BCUT2D eigenvalue weighted by atomic mass is 9.64. The number of amides is 1. The molecular weight excluding hydrogens is 302 g/mol. The van der Waals surface area contributed by atoms with Gasteiger partial charge in [0.2, 0.25) is 0 Å². The molecule has 0 saturated heterocycles. The number of para-hydroxylation sites is 1. The summed E-state index contributed by atoms with van der Waals surface area (Å²) in [5.74, 6) is 0.805. The molecule has 5 nitrogen and oxygen atoms in total. The van der Waals surface area contributed by atoms with Gasteiger partial charge in [0.05, 0.1) is 0 Å². The molecule has 24 heavy (non-hydrogen) atoms. The zero-order valence-electron chi connectivity index (χ0n) is 14.2. The van der Waals surface area contributed by atoms with Crippen LogP contribution in [0.3, 0.4) is 0 Å². The number of rotatable bonds is 4. The van der Waals surface area contributed by atoms with Gasteiger partial charge in [-0.2, -0.15) is 5.10 Å². The van der Waals surface area contributed by atoms with E-state index < -0.39 is 0 Å². The number of fused-ring (bicyclic) bond motifs is 1. The van der Waals surface area contributed by atoms with Crippen LogP contribution in [0, 0.1) is 5.41 Å². The fourth-order valence-corrected chi connectivity index (χ4v) is 3.60. The Labute approximate surface area is 142 Å². The van der Waals surface area contributed by atoms with Gasteiger partial charge in [0.1, 0.15) is 17.5 Å². The van der Waals surface area contributed by atoms with Crippen LogP contribution in [-0.2, 0) is 13.0 Å². The van der Waals surface area contributed by atoms with Gasteiger partial charge in [-0.05, 0) is 31.0 Å². The quantitative estimate of drug-likeness (QED) is 0.940. The minimum Gasteiger partial charge on any atom is -0.490 e. The van der Waals surface area contributed by atoms with Gasteiger partial charge in [-0.1, -0.05) is 32.0 Å². The SMILES string of the molecule is CC1(C)[C@@H](NC(=O)c2cc3n(n2)CCC3)C[C@H]1Oc1ccccc1. The molecule has 0 bridgehead atoms. The van der Waals surface area contributed by atoms with Crippen LogP contribution in [0.4, 0.5) is 0 Å². The van der Waals surface area contributed by atoms with Crippen LogP contribution in [0.2, 0.25) is 0 Å². The van der Waals surface area contributed by atoms with Crippen LogP contribution in [0.15, 0.2) is 36.4 Å². The number of benzene rings is 1. The summed E-state index contributed by atoms with van der Waals surface area (Å²) in [4.78, 5) is 12.5. The zero-order valence-corrected chi connectivity index (χ0v) is 14.2. The molecule has 2 atom stereocenters. The Morgan fingerprint density at radius 2 is 2.12 bits per heavy atom. The van der Waals surface area contributed by atoms with Gasteiger partial charge in [-0.25, -0.2) is 0 Å². The lowest BCUT2D eigenvalue weighted by Crippen LogP contribution is -2.63. The van der Waals surface area contributed by atoms with Crippen LogP contribution in [-0.4, -0.2) is 27.8 Å². The number of aromatic nitrogens is 2. The Kier molecular flexibility index (Phi) is 3.59. The number of ether oxygens (including phenoxy) is 1. The fraction of sp³-hybridized carbons (Fsp3) is 0.474. The number of carbonyl (C=O) groups is 1. The average Bonchev–Trinajstić information content (AvgIpc) is 3.16. The standard InChI is InChI=1S/C19H23N3O2/c1-19(2)16(12-17(19)24-14-8-4-3-5-9-14)20-18(23)15-11-13-7-6-10-22(13)21-15/h3-5,8-9,11,16-17H,6-7,10,12H2,1-2H3,(H,20,23)/t16-,17+/m0/s1. The van der Waals surface area contributed by atoms with Crippen molar-refractivity contribution in [3.63, 3.8) is 0 Å². The highest BCUT2D eigenvalue weighted by Crippen LogP contribution is 2.43. The van der Waals surface area contributed by atoms with Crippen LogP contribution >= 0.6 is 0 Å². The fourth-order valence-electron chi connectivity index (χ4n) is 3.60. The highest BCUT2D eigenvalue weighted by atomic mass is 16.5. The minimum atomic E-state index is -0.103. The number of hydrogen-bond acceptors (Lipinski definition) is 3. The van der Waals surface area contributed by atoms with Gasteiger partial charge in [0.25, 0.3) is 5.91 Å². The molecule has 0 radical (unpaired) electrons. The molecule has 1 aromatic heterocycles. The third-order valence-corrected chi connectivity index (χ3v) is 5.40. The van der Waals surface area contributed by atoms with E-state index in [1.807, 2.05) is 41.1 Å². The second kappa shape index (κ2) is 5.65. The van der Waals surface area contributed by atoms with Gasteiger partial charge < -0.3 is 10.1 Å². The van der Waals surface area contributed by atoms with E-state index in [1.165, 1.54) is 5.69 Å². The average molecular weight is 325 g/mol. The molecule has 1 aliphatic heterocycles. The van der Waals surface area contributed by atoms with E-state index in [9.17, 15) is 4.79 Å². The second-order valence-corrected chi connectivity index (χ2v) is 7.35. The van der Waals surface area contributed by atoms with Crippen LogP contribution in [0.5, 0.6) is 5.75 Å². The van der Waals surface area contributed by atoms with Crippen molar-refractivity contribution < 1.29 is 9.53 Å². The predicted octanol–water partition coefficient (Wildman–Crippen LogP) is 2.81. The summed E-state index contributed by atoms with van der Waals surface area (Å²) < 4.78 is 8.01. The lowest BCUT2D eigenvalue weighted by Gasteiger charge is -2.51. The Hall–Kier alpha value is -2.30. The number of aryl methyl sites for hydroxylation is 2. The summed E-state index contributed by atoms with van der Waals surface area (Å²) in [6.07, 6.45) is 3.07. The highest BCUT2D eigenvalue weighted by Gasteiger charge is 2.50. The number of nitrogens with one attached hydrogen (secondary N) is 1. The first kappa shape index (κ1) is 15.2. The minimum absolute atomic E-state index is 0.0758. The van der Waals surface area contributed by atoms with Gasteiger partial charge >= 0.3 is 0 Å². The first-order valence-electron chi connectivity index (χ1n) is 8.63. The van der Waals surface area contributed by atoms with E-state index in [0.717, 1.165) is 31.6 Å². The molecule has 0 spiro atoms. The van der Waals surface area contributed by atoms with Crippen molar-refractivity contribution in [3.05, 3.63) is 47.8 Å². The maximum Gasteiger partial charge on any atom is 0.272 e. The molecule has 1 N–H and O–H groups in total. The highest BCUT2D eigenvalue weighted by molar-refractivity contribution is 5.92. The summed E-state index contributed by atoms with van der Waals surface area (Å²) in [6, 6.07) is 11.9. The van der Waals surface area contributed by atoms with E-state index in [4.69, 9.17) is 4.74 Å². The molecule has 4 rings (SSSR count). The molecule has 2 aromatic rings. The van der Waals surface area contributed by atoms with Crippen molar-refractivity contribution in [1.82, 2.24) is 15.1 Å². The van der Waals surface area contributed by atoms with E-state index in [-0.39, 0.29) is 23.5 Å². The summed E-state index contributed by atoms with van der Waals surface area (Å²) in [5.41, 5.74) is 1.60. The Balaban J connectivity index is 1.38. The second-order valence-electron chi connectivity index (χ2n) is 7.35. The van der Waals surface area contributed by atoms with Crippen LogP contribution in [0.25, 0.3) is 0 Å². The molecule has 5 heteroatoms. The topological polar surface area (TPSA) is 56.2 Å². The van der Waals surface area contributed by atoms with E-state index >= 15 is 0 Å². The Bertz CT molecular complexity index is 730. The predicted molar refractivity (Wildman–Crippen MR) is 91.1 cm³/mol. The monoisotopic (exact) mass is 325 g/mol. The third kappa shape index (κ3) is 2.58. The summed E-state index contributed by atoms with van der Waals surface area (Å²) in [7, 11) is 0. The first-order valence-corrected chi connectivity index (χ1v) is 8.63. The maximum absolute atomic E-state index is 12.5. The van der Waals surface area contributed by atoms with Crippen LogP contribution in [0.1, 0.15) is 42.9 Å². The largest absolute Gasteiger partial charge is 0.490 e. The molecule has 2 heterocycles. The molecular formula is C19H23N3O2. The molecule has 1 amide bonds. The third-order valence-electron chi connectivity index (χ3n) is 5.40. The number of hydrogen-bond donors (Lipinski definition) is 1. The van der Waals surface area contributed by atoms with Crippen molar-refractivity contribution in [2.45, 2.75) is 51.8 Å². The summed E-state index contributed by atoms with van der Waals surface area (Å²) >= 11 is 0. The van der Waals surface area contributed by atoms with E-state index in [1.54, 1.807) is 0 Å². The Morgan fingerprint density at radius 1 is 1.33 bits per heavy atom. The van der Waals surface area contributed by atoms with Gasteiger partial charge in [0.15, 0.2) is 0 Å². The molecule has 1 aromatic carbocycles. The van der Waals surface area contributed by atoms with Gasteiger partial charge in [-0.3, -0.25) is 9.48 Å². The molecule has 1 aliphatic carbocycles. The first-order chi connectivity index (χ1) is 11.5. The van der Waals surface area contributed by atoms with Crippen molar-refractivity contribution in [2.75, 3.05) is 0 Å². The van der Waals surface area contributed by atoms with E-state index in [0.29, 0.717) is 5.69 Å². The molecule has 1 saturated carbocycles. The van der Waals surface area contributed by atoms with E-state index in [2.05, 4.69) is 24.3 Å². The Morgan fingerprint density at radius 3 is 2.83 bits per heavy atom. The zero-order chi connectivity index (χ0) is 16.7. The normalized spacial score (nSPS) is 24.1. The molecule has 2 aliphatic rings. The number of carbonyl (C=O) groups excluding carboxylic acids is 1. The molecule has 1 fully saturated rings. The van der Waals surface area contributed by atoms with Crippen molar-refractivity contribution in [2.24, 2.45) is 5.41 Å². The van der Waals surface area contributed by atoms with Crippen molar-refractivity contribution >= 4 is 5.91 Å². The maximum atomic E-state index is 12.5. The lowest BCUT2D eigenvalue weighted by molar-refractivity contribution is -0.0516. The van der Waals surface area contributed by atoms with Crippen molar-refractivity contribution in [3.8, 4) is 5.75 Å². The molecule has 126 valence electrons.